The molecule has 13 aromatic rings. The molecular weight excluding hydrogens is 1790 g/mol. The van der Waals surface area contributed by atoms with Crippen molar-refractivity contribution in [3.05, 3.63) is 194 Å². The van der Waals surface area contributed by atoms with E-state index in [1.54, 1.807) is 0 Å². The summed E-state index contributed by atoms with van der Waals surface area (Å²) in [7, 11) is 4.34. The molecule has 0 spiro atoms. The number of halogens is 8. The van der Waals surface area contributed by atoms with Crippen molar-refractivity contribution in [2.24, 2.45) is 0 Å². The lowest BCUT2D eigenvalue weighted by Crippen LogP contribution is -2.45. The summed E-state index contributed by atoms with van der Waals surface area (Å²) in [5, 5.41) is 60.0. The van der Waals surface area contributed by atoms with Gasteiger partial charge in [0, 0.05) is 114 Å². The zero-order valence-corrected chi connectivity index (χ0v) is 69.3. The lowest BCUT2D eigenvalue weighted by molar-refractivity contribution is 0.149. The summed E-state index contributed by atoms with van der Waals surface area (Å²) < 4.78 is 23.5. The Morgan fingerprint density at radius 2 is 0.657 bits per heavy atom. The molecule has 558 valence electrons. The predicted octanol–water partition coefficient (Wildman–Crippen LogP) is 15.2. The average molecular weight is 1870 g/mol. The Morgan fingerprint density at radius 1 is 0.352 bits per heavy atom. The number of nitrogens with zero attached hydrogens (tertiary/aromatic N) is 22. The van der Waals surface area contributed by atoms with Crippen LogP contribution in [-0.4, -0.2) is 234 Å². The maximum atomic E-state index is 13.3. The van der Waals surface area contributed by atoms with Crippen molar-refractivity contribution in [2.75, 3.05) is 119 Å². The minimum atomic E-state index is -0.711. The van der Waals surface area contributed by atoms with E-state index in [4.69, 9.17) is 51.5 Å². The second-order valence-electron chi connectivity index (χ2n) is 27.1. The molecule has 0 radical (unpaired) electrons. The average Bonchev–Trinajstić information content (AvgIpc) is 1.62. The first-order chi connectivity index (χ1) is 52.7. The van der Waals surface area contributed by atoms with Gasteiger partial charge in [0.25, 0.3) is 0 Å². The Hall–Kier alpha value is -6.92. The summed E-state index contributed by atoms with van der Waals surface area (Å²) in [5.41, 5.74) is 11.4. The number of rotatable bonds is 18. The van der Waals surface area contributed by atoms with E-state index in [-0.39, 0.29) is 0 Å². The van der Waals surface area contributed by atoms with Crippen molar-refractivity contribution < 1.29 is 4.39 Å². The molecule has 4 fully saturated rings. The van der Waals surface area contributed by atoms with Crippen LogP contribution >= 0.6 is 114 Å². The summed E-state index contributed by atoms with van der Waals surface area (Å²) in [6, 6.07) is 49.7. The van der Waals surface area contributed by atoms with Crippen LogP contribution < -0.4 is 0 Å². The molecule has 17 rings (SSSR count). The smallest absolute Gasteiger partial charge is 0.183 e. The van der Waals surface area contributed by atoms with E-state index >= 15 is 0 Å². The first kappa shape index (κ1) is 77.8. The highest BCUT2D eigenvalue weighted by Gasteiger charge is 2.27. The number of hydrogen-bond donors (Lipinski definition) is 0. The van der Waals surface area contributed by atoms with Gasteiger partial charge in [-0.15, -0.1) is 40.8 Å². The van der Waals surface area contributed by atoms with Crippen molar-refractivity contribution in [1.29, 1.82) is 0 Å². The van der Waals surface area contributed by atoms with Crippen LogP contribution in [0.1, 0.15) is 30.5 Å². The molecule has 0 saturated carbocycles. The van der Waals surface area contributed by atoms with Crippen LogP contribution in [0.15, 0.2) is 152 Å². The number of benzene rings is 5. The lowest BCUT2D eigenvalue weighted by atomic mass is 10.1. The normalized spacial score (nSPS) is 16.4. The minimum absolute atomic E-state index is 0.501. The van der Waals surface area contributed by atoms with Crippen LogP contribution in [-0.2, 0) is 26.2 Å². The fraction of sp³-hybridized carbons (Fsp3) is 0.333. The molecule has 4 aliphatic rings. The highest BCUT2D eigenvalue weighted by Crippen LogP contribution is 2.38. The summed E-state index contributed by atoms with van der Waals surface area (Å²) in [6.07, 6.45) is 6.58. The Balaban J connectivity index is 0.000000121. The van der Waals surface area contributed by atoms with Crippen LogP contribution in [0.25, 0.3) is 101 Å². The first-order valence-electron chi connectivity index (χ1n) is 36.2. The Bertz CT molecular complexity index is 5200. The molecule has 4 saturated heterocycles. The minimum Gasteiger partial charge on any atom is -0.304 e. The van der Waals surface area contributed by atoms with Gasteiger partial charge in [-0.1, -0.05) is 204 Å². The first-order valence-corrected chi connectivity index (χ1v) is 41.0. The molecule has 4 aliphatic heterocycles. The van der Waals surface area contributed by atoms with Crippen LogP contribution in [0.5, 0.6) is 0 Å². The third-order valence-electron chi connectivity index (χ3n) is 19.8. The lowest BCUT2D eigenvalue weighted by Gasteiger charge is -2.32. The molecule has 0 N–H and O–H groups in total. The molecule has 0 aliphatic carbocycles. The van der Waals surface area contributed by atoms with Crippen molar-refractivity contribution in [3.63, 3.8) is 0 Å². The Labute approximate surface area is 687 Å². The number of likely N-dealkylation sites (tertiary alicyclic amines) is 2. The molecule has 5 aromatic carbocycles. The van der Waals surface area contributed by atoms with Gasteiger partial charge in [-0.05, 0) is 126 Å². The van der Waals surface area contributed by atoms with Gasteiger partial charge in [-0.3, -0.25) is 14.7 Å². The number of piperazine rings is 2. The van der Waals surface area contributed by atoms with E-state index in [2.05, 4.69) is 186 Å². The van der Waals surface area contributed by atoms with Crippen molar-refractivity contribution in [2.45, 2.75) is 51.6 Å². The second kappa shape index (κ2) is 36.9. The molecule has 0 bridgehead atoms. The van der Waals surface area contributed by atoms with E-state index in [0.29, 0.717) is 68.0 Å². The van der Waals surface area contributed by atoms with E-state index in [1.807, 2.05) is 164 Å². The number of hydrogen-bond acceptors (Lipinski definition) is 18. The third kappa shape index (κ3) is 18.6. The monoisotopic (exact) mass is 1860 g/mol. The van der Waals surface area contributed by atoms with E-state index < -0.39 is 6.17 Å². The van der Waals surface area contributed by atoms with Gasteiger partial charge in [0.05, 0.1) is 73.5 Å². The molecule has 0 amide bonds. The van der Waals surface area contributed by atoms with E-state index in [0.717, 1.165) is 188 Å². The quantitative estimate of drug-likeness (QED) is 0.0735. The van der Waals surface area contributed by atoms with E-state index in [1.165, 1.54) is 25.9 Å². The largest absolute Gasteiger partial charge is 0.304 e. The standard InChI is InChI=1S/C26H27ClN6.C18H20ClIN6.C17H16ClFIN5.C17H17ClIN5/c1-31-14-16-32(17-15-31)18-19-33-26-23(22(30-33)13-12-20-8-4-2-5-9-20)24(27)25(28-29-26)21-10-6-3-7-11-21;1-24-7-9-25(10-8-24)11-12-26-18-14(17(20)23-26)15(19)16(21-22-18)13-5-3-2-4-6-13;18-14-13-16(20)23-25(9-8-24-7-6-12(19)10-24)17(13)22-21-15(14)11-4-2-1-3-5-11;18-14-13-16(19)22-24(11-10-23-8-4-5-9-23)17(13)21-20-15(14)12-6-2-1-3-7-12/h2-13H,14-19H2,1H3;2-6H,7-12H2,1H3;1-5,12H,6-10H2;1-3,6-7H,4-5,8-11H2/b13-12+;;;/t;;12-;/m..1./s1. The molecule has 8 aromatic heterocycles. The summed E-state index contributed by atoms with van der Waals surface area (Å²) in [5.74, 6) is 0. The Morgan fingerprint density at radius 3 is 1.00 bits per heavy atom. The molecule has 108 heavy (non-hydrogen) atoms. The van der Waals surface area contributed by atoms with Crippen molar-refractivity contribution in [1.82, 2.24) is 109 Å². The number of alkyl halides is 1. The SMILES string of the molecule is CN1CCN(CCn2nc(/C=C/c3ccccc3)c3c(Cl)c(-c4ccccc4)nnc32)CC1.CN1CCN(CCn2nc(I)c3c(Cl)c(-c4ccccc4)nnc32)CC1.Clc1c(-c2ccccc2)nnc2c1c(I)nn2CCN1CCCC1.F[C@@H]1CCN(CCn2nc(I)c3c(Cl)c(-c4ccccc4)nnc32)C1. The van der Waals surface area contributed by atoms with Gasteiger partial charge >= 0.3 is 0 Å². The highest BCUT2D eigenvalue weighted by atomic mass is 127. The van der Waals surface area contributed by atoms with Gasteiger partial charge in [-0.2, -0.15) is 20.4 Å². The maximum absolute atomic E-state index is 13.3. The highest BCUT2D eigenvalue weighted by molar-refractivity contribution is 14.1. The topological polar surface area (TPSA) is 194 Å². The van der Waals surface area contributed by atoms with Gasteiger partial charge in [-0.25, -0.2) is 23.1 Å². The van der Waals surface area contributed by atoms with Gasteiger partial charge < -0.3 is 14.7 Å². The zero-order chi connectivity index (χ0) is 74.6. The Kier molecular flexibility index (Phi) is 26.6. The molecule has 12 heterocycles. The van der Waals surface area contributed by atoms with Gasteiger partial charge in [0.2, 0.25) is 0 Å². The summed E-state index contributed by atoms with van der Waals surface area (Å²) in [6.45, 7) is 19.0. The maximum Gasteiger partial charge on any atom is 0.183 e. The van der Waals surface area contributed by atoms with Crippen molar-refractivity contribution in [3.8, 4) is 45.0 Å². The second-order valence-corrected chi connectivity index (χ2v) is 31.7. The molecule has 0 unspecified atom stereocenters. The fourth-order valence-corrected chi connectivity index (χ4v) is 17.7. The van der Waals surface area contributed by atoms with Crippen LogP contribution in [0.4, 0.5) is 4.39 Å². The zero-order valence-electron chi connectivity index (χ0n) is 59.8. The van der Waals surface area contributed by atoms with Crippen LogP contribution in [0, 0.1) is 11.1 Å². The molecule has 1 atom stereocenters. The number of aromatic nitrogens is 16. The molecular formula is C78H80Cl4FI3N22. The number of fused-ring (bicyclic) bond motifs is 4. The van der Waals surface area contributed by atoms with Gasteiger partial charge in [0.15, 0.2) is 22.6 Å². The van der Waals surface area contributed by atoms with Crippen LogP contribution in [0.2, 0.25) is 20.1 Å². The molecule has 22 nitrogen and oxygen atoms in total. The predicted molar refractivity (Wildman–Crippen MR) is 456 cm³/mol. The van der Waals surface area contributed by atoms with Gasteiger partial charge in [0.1, 0.15) is 40.0 Å². The fourth-order valence-electron chi connectivity index (χ4n) is 13.7. The summed E-state index contributed by atoms with van der Waals surface area (Å²) >= 11 is 33.5. The summed E-state index contributed by atoms with van der Waals surface area (Å²) in [4.78, 5) is 14.2. The van der Waals surface area contributed by atoms with Crippen LogP contribution in [0.3, 0.4) is 0 Å². The van der Waals surface area contributed by atoms with E-state index in [9.17, 15) is 4.39 Å². The number of likely N-dealkylation sites (N-methyl/N-ethyl adjacent to an activating group) is 2. The third-order valence-corrected chi connectivity index (χ3v) is 23.6. The molecule has 30 heteroatoms. The van der Waals surface area contributed by atoms with Crippen molar-refractivity contribution >= 4 is 170 Å².